The minimum atomic E-state index is -0.332. The second-order valence-corrected chi connectivity index (χ2v) is 5.51. The largest absolute Gasteiger partial charge is 0.321 e. The third-order valence-corrected chi connectivity index (χ3v) is 4.28. The number of carbonyl (C=O) groups excluding carboxylic acids is 2. The van der Waals surface area contributed by atoms with E-state index in [0.29, 0.717) is 27.4 Å². The Hall–Kier alpha value is -2.65. The van der Waals surface area contributed by atoms with Gasteiger partial charge >= 0.3 is 0 Å². The first-order chi connectivity index (χ1) is 10.7. The van der Waals surface area contributed by atoms with Crippen molar-refractivity contribution in [3.8, 4) is 0 Å². The van der Waals surface area contributed by atoms with Crippen LogP contribution in [0.15, 0.2) is 65.7 Å². The first kappa shape index (κ1) is 13.0. The molecule has 1 aliphatic carbocycles. The summed E-state index contributed by atoms with van der Waals surface area (Å²) in [4.78, 5) is 25.1. The molecular formula is C18H10ClNO2. The van der Waals surface area contributed by atoms with E-state index in [1.54, 1.807) is 24.3 Å². The van der Waals surface area contributed by atoms with E-state index in [4.69, 9.17) is 11.6 Å². The Kier molecular flexibility index (Phi) is 2.78. The van der Waals surface area contributed by atoms with Gasteiger partial charge in [0.15, 0.2) is 5.78 Å². The maximum absolute atomic E-state index is 12.8. The molecule has 1 N–H and O–H groups in total. The van der Waals surface area contributed by atoms with Gasteiger partial charge in [0, 0.05) is 11.1 Å². The van der Waals surface area contributed by atoms with Crippen LogP contribution in [-0.4, -0.2) is 11.7 Å². The number of nitrogens with one attached hydrogen (secondary N) is 1. The average molecular weight is 308 g/mol. The summed E-state index contributed by atoms with van der Waals surface area (Å²) in [5.74, 6) is -0.506. The number of ketones is 1. The highest BCUT2D eigenvalue weighted by atomic mass is 35.5. The summed E-state index contributed by atoms with van der Waals surface area (Å²) in [6.45, 7) is 0. The highest BCUT2D eigenvalue weighted by Crippen LogP contribution is 2.42. The summed E-state index contributed by atoms with van der Waals surface area (Å²) in [5.41, 5.74) is 3.08. The predicted octanol–water partition coefficient (Wildman–Crippen LogP) is 3.37. The zero-order valence-corrected chi connectivity index (χ0v) is 12.1. The van der Waals surface area contributed by atoms with Gasteiger partial charge < -0.3 is 5.32 Å². The van der Waals surface area contributed by atoms with Crippen LogP contribution in [0.3, 0.4) is 0 Å². The molecule has 22 heavy (non-hydrogen) atoms. The number of hydrogen-bond acceptors (Lipinski definition) is 2. The smallest absolute Gasteiger partial charge is 0.258 e. The summed E-state index contributed by atoms with van der Waals surface area (Å²) in [6.07, 6.45) is 0. The maximum atomic E-state index is 12.8. The van der Waals surface area contributed by atoms with E-state index in [1.165, 1.54) is 0 Å². The first-order valence-corrected chi connectivity index (χ1v) is 7.21. The van der Waals surface area contributed by atoms with Crippen molar-refractivity contribution in [3.63, 3.8) is 0 Å². The van der Waals surface area contributed by atoms with Crippen molar-refractivity contribution in [2.75, 3.05) is 0 Å². The Labute approximate surface area is 131 Å². The number of rotatable bonds is 1. The summed E-state index contributed by atoms with van der Waals surface area (Å²) in [5, 5.41) is 3.11. The van der Waals surface area contributed by atoms with E-state index >= 15 is 0 Å². The molecule has 4 rings (SSSR count). The molecule has 0 bridgehead atoms. The van der Waals surface area contributed by atoms with Crippen LogP contribution in [0.5, 0.6) is 0 Å². The highest BCUT2D eigenvalue weighted by molar-refractivity contribution is 6.55. The Morgan fingerprint density at radius 2 is 1.41 bits per heavy atom. The van der Waals surface area contributed by atoms with Gasteiger partial charge in [-0.1, -0.05) is 66.2 Å². The van der Waals surface area contributed by atoms with Crippen LogP contribution < -0.4 is 5.32 Å². The van der Waals surface area contributed by atoms with E-state index in [1.807, 2.05) is 30.3 Å². The second-order valence-electron chi connectivity index (χ2n) is 5.13. The Morgan fingerprint density at radius 3 is 2.14 bits per heavy atom. The molecule has 0 spiro atoms. The van der Waals surface area contributed by atoms with E-state index < -0.39 is 0 Å². The second kappa shape index (κ2) is 4.68. The van der Waals surface area contributed by atoms with Gasteiger partial charge in [-0.3, -0.25) is 9.59 Å². The number of halogens is 1. The Bertz CT molecular complexity index is 894. The Morgan fingerprint density at radius 1 is 0.773 bits per heavy atom. The normalized spacial score (nSPS) is 16.6. The van der Waals surface area contributed by atoms with Crippen LogP contribution in [0.2, 0.25) is 0 Å². The van der Waals surface area contributed by atoms with Crippen molar-refractivity contribution in [2.24, 2.45) is 0 Å². The zero-order chi connectivity index (χ0) is 15.3. The standard InChI is InChI=1S/C18H10ClNO2/c19-15-11-8-4-5-9-12(11)17(21)14-13(15)18(22)20-16(14)10-6-2-1-3-7-10/h1-9H,(H,20,22). The van der Waals surface area contributed by atoms with Gasteiger partial charge in [-0.05, 0) is 5.56 Å². The number of benzene rings is 2. The number of Topliss-reactive ketones (excluding diaryl/α,β-unsaturated/α-hetero) is 1. The molecular weight excluding hydrogens is 298 g/mol. The van der Waals surface area contributed by atoms with Crippen LogP contribution in [0.25, 0.3) is 10.7 Å². The zero-order valence-electron chi connectivity index (χ0n) is 11.4. The van der Waals surface area contributed by atoms with Crippen molar-refractivity contribution in [1.82, 2.24) is 5.32 Å². The monoisotopic (exact) mass is 307 g/mol. The van der Waals surface area contributed by atoms with E-state index in [2.05, 4.69) is 5.32 Å². The Balaban J connectivity index is 2.04. The lowest BCUT2D eigenvalue weighted by atomic mass is 9.86. The predicted molar refractivity (Wildman–Crippen MR) is 85.1 cm³/mol. The molecule has 1 amide bonds. The van der Waals surface area contributed by atoms with E-state index in [9.17, 15) is 9.59 Å². The van der Waals surface area contributed by atoms with Crippen molar-refractivity contribution >= 4 is 34.0 Å². The molecule has 0 fully saturated rings. The van der Waals surface area contributed by atoms with Crippen molar-refractivity contribution < 1.29 is 9.59 Å². The molecule has 106 valence electrons. The average Bonchev–Trinajstić information content (AvgIpc) is 2.91. The van der Waals surface area contributed by atoms with Crippen molar-refractivity contribution in [2.45, 2.75) is 0 Å². The number of carbonyl (C=O) groups is 2. The molecule has 3 nitrogen and oxygen atoms in total. The van der Waals surface area contributed by atoms with Gasteiger partial charge in [-0.15, -0.1) is 0 Å². The number of amides is 1. The topological polar surface area (TPSA) is 46.2 Å². The van der Waals surface area contributed by atoms with Gasteiger partial charge in [0.05, 0.1) is 21.9 Å². The SMILES string of the molecule is O=C1NC(c2ccccc2)=C2C(=O)c3ccccc3C(Cl)=C12. The lowest BCUT2D eigenvalue weighted by Crippen LogP contribution is -2.18. The van der Waals surface area contributed by atoms with Gasteiger partial charge in [-0.2, -0.15) is 0 Å². The van der Waals surface area contributed by atoms with Gasteiger partial charge in [0.2, 0.25) is 0 Å². The summed E-state index contributed by atoms with van der Waals surface area (Å²) in [6, 6.07) is 16.4. The fraction of sp³-hybridized carbons (Fsp3) is 0. The molecule has 1 aliphatic heterocycles. The summed E-state index contributed by atoms with van der Waals surface area (Å²) >= 11 is 6.39. The molecule has 2 aromatic rings. The lowest BCUT2D eigenvalue weighted by Gasteiger charge is -2.17. The molecule has 2 aromatic carbocycles. The molecule has 4 heteroatoms. The fourth-order valence-corrected chi connectivity index (χ4v) is 3.22. The van der Waals surface area contributed by atoms with Crippen LogP contribution in [0.1, 0.15) is 21.5 Å². The third-order valence-electron chi connectivity index (χ3n) is 3.88. The molecule has 0 saturated heterocycles. The number of hydrogen-bond donors (Lipinski definition) is 1. The maximum Gasteiger partial charge on any atom is 0.258 e. The van der Waals surface area contributed by atoms with Crippen LogP contribution in [0, 0.1) is 0 Å². The molecule has 2 aliphatic rings. The van der Waals surface area contributed by atoms with E-state index in [-0.39, 0.29) is 17.3 Å². The third kappa shape index (κ3) is 1.69. The quantitative estimate of drug-likeness (QED) is 0.878. The van der Waals surface area contributed by atoms with Crippen molar-refractivity contribution in [3.05, 3.63) is 82.4 Å². The molecule has 0 saturated carbocycles. The van der Waals surface area contributed by atoms with E-state index in [0.717, 1.165) is 5.56 Å². The van der Waals surface area contributed by atoms with Crippen LogP contribution >= 0.6 is 11.6 Å². The fourth-order valence-electron chi connectivity index (χ4n) is 2.88. The molecule has 0 unspecified atom stereocenters. The summed E-state index contributed by atoms with van der Waals surface area (Å²) < 4.78 is 0. The van der Waals surface area contributed by atoms with Crippen LogP contribution in [0.4, 0.5) is 0 Å². The summed E-state index contributed by atoms with van der Waals surface area (Å²) in [7, 11) is 0. The highest BCUT2D eigenvalue weighted by Gasteiger charge is 2.39. The molecule has 0 radical (unpaired) electrons. The minimum Gasteiger partial charge on any atom is -0.321 e. The molecule has 0 atom stereocenters. The minimum absolute atomic E-state index is 0.174. The molecule has 0 aromatic heterocycles. The van der Waals surface area contributed by atoms with Gasteiger partial charge in [0.25, 0.3) is 5.91 Å². The first-order valence-electron chi connectivity index (χ1n) is 6.84. The van der Waals surface area contributed by atoms with Gasteiger partial charge in [0.1, 0.15) is 0 Å². The van der Waals surface area contributed by atoms with Crippen molar-refractivity contribution in [1.29, 1.82) is 0 Å². The lowest BCUT2D eigenvalue weighted by molar-refractivity contribution is -0.115. The molecule has 1 heterocycles. The van der Waals surface area contributed by atoms with Gasteiger partial charge in [-0.25, -0.2) is 0 Å². The van der Waals surface area contributed by atoms with Crippen LogP contribution in [-0.2, 0) is 4.79 Å². The number of fused-ring (bicyclic) bond motifs is 2.